The van der Waals surface area contributed by atoms with Gasteiger partial charge in [0.2, 0.25) is 0 Å². The van der Waals surface area contributed by atoms with Crippen molar-refractivity contribution in [3.63, 3.8) is 0 Å². The summed E-state index contributed by atoms with van der Waals surface area (Å²) in [5.41, 5.74) is 2.21. The number of hydrogen-bond acceptors (Lipinski definition) is 3. The molecule has 0 aliphatic rings. The molecule has 0 spiro atoms. The predicted octanol–water partition coefficient (Wildman–Crippen LogP) is 1.23. The average Bonchev–Trinajstić information content (AvgIpc) is 2.15. The fraction of sp³-hybridized carbons (Fsp3) is 0.500. The van der Waals surface area contributed by atoms with Crippen LogP contribution in [0.1, 0.15) is 5.69 Å². The minimum atomic E-state index is 1.01. The topological polar surface area (TPSA) is 28.2 Å². The molecule has 1 heterocycles. The molecular formula is C10H17N3. The molecule has 0 aromatic carbocycles. The van der Waals surface area contributed by atoms with Gasteiger partial charge in [-0.1, -0.05) is 0 Å². The standard InChI is InChI=1S/C10H17N3/c1-11-10-5-4-9(12-8-10)6-7-13(2)3/h4-5,8,11H,6-7H2,1-3H3. The summed E-state index contributed by atoms with van der Waals surface area (Å²) in [5, 5.41) is 3.05. The lowest BCUT2D eigenvalue weighted by Crippen LogP contribution is -2.15. The maximum Gasteiger partial charge on any atom is 0.0524 e. The van der Waals surface area contributed by atoms with Crippen molar-refractivity contribution in [2.75, 3.05) is 33.0 Å². The zero-order valence-electron chi connectivity index (χ0n) is 8.54. The Morgan fingerprint density at radius 3 is 2.62 bits per heavy atom. The van der Waals surface area contributed by atoms with E-state index in [4.69, 9.17) is 0 Å². The van der Waals surface area contributed by atoms with E-state index < -0.39 is 0 Å². The van der Waals surface area contributed by atoms with Crippen LogP contribution in [0.3, 0.4) is 0 Å². The van der Waals surface area contributed by atoms with Crippen LogP contribution in [0.2, 0.25) is 0 Å². The van der Waals surface area contributed by atoms with Crippen LogP contribution in [0.4, 0.5) is 5.69 Å². The van der Waals surface area contributed by atoms with Crippen molar-refractivity contribution in [1.29, 1.82) is 0 Å². The van der Waals surface area contributed by atoms with E-state index in [2.05, 4.69) is 41.4 Å². The van der Waals surface area contributed by atoms with Gasteiger partial charge >= 0.3 is 0 Å². The molecular weight excluding hydrogens is 162 g/mol. The molecule has 13 heavy (non-hydrogen) atoms. The lowest BCUT2D eigenvalue weighted by atomic mass is 10.2. The summed E-state index contributed by atoms with van der Waals surface area (Å²) in [4.78, 5) is 6.49. The van der Waals surface area contributed by atoms with Crippen LogP contribution in [-0.4, -0.2) is 37.6 Å². The molecule has 0 bridgehead atoms. The summed E-state index contributed by atoms with van der Waals surface area (Å²) >= 11 is 0. The Morgan fingerprint density at radius 1 is 1.38 bits per heavy atom. The monoisotopic (exact) mass is 179 g/mol. The molecule has 0 aliphatic carbocycles. The zero-order chi connectivity index (χ0) is 9.68. The van der Waals surface area contributed by atoms with Crippen molar-refractivity contribution < 1.29 is 0 Å². The molecule has 72 valence electrons. The molecule has 1 aromatic rings. The highest BCUT2D eigenvalue weighted by Gasteiger charge is 1.95. The van der Waals surface area contributed by atoms with E-state index >= 15 is 0 Å². The second-order valence-electron chi connectivity index (χ2n) is 3.34. The molecule has 1 rings (SSSR count). The number of hydrogen-bond donors (Lipinski definition) is 1. The highest BCUT2D eigenvalue weighted by Crippen LogP contribution is 2.05. The van der Waals surface area contributed by atoms with Crippen molar-refractivity contribution in [3.05, 3.63) is 24.0 Å². The van der Waals surface area contributed by atoms with Gasteiger partial charge in [0.25, 0.3) is 0 Å². The lowest BCUT2D eigenvalue weighted by molar-refractivity contribution is 0.412. The normalized spacial score (nSPS) is 10.5. The van der Waals surface area contributed by atoms with Gasteiger partial charge in [-0.05, 0) is 26.2 Å². The van der Waals surface area contributed by atoms with Crippen molar-refractivity contribution >= 4 is 5.69 Å². The van der Waals surface area contributed by atoms with Gasteiger partial charge in [0.1, 0.15) is 0 Å². The SMILES string of the molecule is CNc1ccc(CCN(C)C)nc1. The Labute approximate surface area is 79.8 Å². The van der Waals surface area contributed by atoms with Crippen LogP contribution in [0.15, 0.2) is 18.3 Å². The lowest BCUT2D eigenvalue weighted by Gasteiger charge is -2.08. The van der Waals surface area contributed by atoms with Crippen molar-refractivity contribution in [1.82, 2.24) is 9.88 Å². The molecule has 0 amide bonds. The van der Waals surface area contributed by atoms with Gasteiger partial charge in [0.05, 0.1) is 11.9 Å². The van der Waals surface area contributed by atoms with E-state index in [1.165, 1.54) is 0 Å². The zero-order valence-corrected chi connectivity index (χ0v) is 8.54. The molecule has 0 saturated heterocycles. The summed E-state index contributed by atoms with van der Waals surface area (Å²) in [6.45, 7) is 1.05. The van der Waals surface area contributed by atoms with E-state index in [-0.39, 0.29) is 0 Å². The van der Waals surface area contributed by atoms with Gasteiger partial charge in [-0.3, -0.25) is 4.98 Å². The van der Waals surface area contributed by atoms with Gasteiger partial charge in [0.15, 0.2) is 0 Å². The van der Waals surface area contributed by atoms with E-state index in [1.54, 1.807) is 0 Å². The Balaban J connectivity index is 2.49. The van der Waals surface area contributed by atoms with Gasteiger partial charge in [0, 0.05) is 25.7 Å². The van der Waals surface area contributed by atoms with E-state index in [0.29, 0.717) is 0 Å². The molecule has 0 saturated carbocycles. The molecule has 0 unspecified atom stereocenters. The van der Waals surface area contributed by atoms with Gasteiger partial charge in [-0.25, -0.2) is 0 Å². The molecule has 0 fully saturated rings. The Bertz CT molecular complexity index is 241. The smallest absolute Gasteiger partial charge is 0.0524 e. The van der Waals surface area contributed by atoms with E-state index in [9.17, 15) is 0 Å². The molecule has 1 aromatic heterocycles. The maximum absolute atomic E-state index is 4.33. The summed E-state index contributed by atoms with van der Waals surface area (Å²) < 4.78 is 0. The first-order chi connectivity index (χ1) is 6.22. The van der Waals surface area contributed by atoms with Crippen LogP contribution in [0.25, 0.3) is 0 Å². The minimum Gasteiger partial charge on any atom is -0.387 e. The Kier molecular flexibility index (Phi) is 3.71. The summed E-state index contributed by atoms with van der Waals surface area (Å²) in [5.74, 6) is 0. The fourth-order valence-electron chi connectivity index (χ4n) is 1.06. The van der Waals surface area contributed by atoms with Gasteiger partial charge < -0.3 is 10.2 Å². The van der Waals surface area contributed by atoms with Crippen molar-refractivity contribution in [2.24, 2.45) is 0 Å². The third-order valence-electron chi connectivity index (χ3n) is 1.93. The number of anilines is 1. The number of nitrogens with zero attached hydrogens (tertiary/aromatic N) is 2. The van der Waals surface area contributed by atoms with Crippen molar-refractivity contribution in [2.45, 2.75) is 6.42 Å². The number of likely N-dealkylation sites (N-methyl/N-ethyl adjacent to an activating group) is 1. The minimum absolute atomic E-state index is 1.01. The van der Waals surface area contributed by atoms with Gasteiger partial charge in [-0.2, -0.15) is 0 Å². The summed E-state index contributed by atoms with van der Waals surface area (Å²) in [6, 6.07) is 4.12. The number of rotatable bonds is 4. The first kappa shape index (κ1) is 9.99. The van der Waals surface area contributed by atoms with Crippen LogP contribution in [0.5, 0.6) is 0 Å². The third kappa shape index (κ3) is 3.42. The van der Waals surface area contributed by atoms with Crippen LogP contribution in [-0.2, 0) is 6.42 Å². The quantitative estimate of drug-likeness (QED) is 0.753. The second-order valence-corrected chi connectivity index (χ2v) is 3.34. The predicted molar refractivity (Wildman–Crippen MR) is 56.0 cm³/mol. The second kappa shape index (κ2) is 4.82. The molecule has 3 nitrogen and oxygen atoms in total. The largest absolute Gasteiger partial charge is 0.387 e. The number of aromatic nitrogens is 1. The summed E-state index contributed by atoms with van der Waals surface area (Å²) in [7, 11) is 6.04. The number of pyridine rings is 1. The maximum atomic E-state index is 4.33. The molecule has 0 atom stereocenters. The molecule has 0 radical (unpaired) electrons. The van der Waals surface area contributed by atoms with Gasteiger partial charge in [-0.15, -0.1) is 0 Å². The first-order valence-corrected chi connectivity index (χ1v) is 4.50. The Hall–Kier alpha value is -1.09. The van der Waals surface area contributed by atoms with Crippen LogP contribution in [0, 0.1) is 0 Å². The van der Waals surface area contributed by atoms with Crippen LogP contribution < -0.4 is 5.32 Å². The fourth-order valence-corrected chi connectivity index (χ4v) is 1.06. The molecule has 1 N–H and O–H groups in total. The van der Waals surface area contributed by atoms with Crippen molar-refractivity contribution in [3.8, 4) is 0 Å². The summed E-state index contributed by atoms with van der Waals surface area (Å²) in [6.07, 6.45) is 2.88. The van der Waals surface area contributed by atoms with E-state index in [1.807, 2.05) is 13.2 Å². The van der Waals surface area contributed by atoms with Crippen LogP contribution >= 0.6 is 0 Å². The first-order valence-electron chi connectivity index (χ1n) is 4.50. The highest BCUT2D eigenvalue weighted by atomic mass is 15.0. The molecule has 0 aliphatic heterocycles. The number of nitrogens with one attached hydrogen (secondary N) is 1. The highest BCUT2D eigenvalue weighted by molar-refractivity contribution is 5.39. The average molecular weight is 179 g/mol. The van der Waals surface area contributed by atoms with E-state index in [0.717, 1.165) is 24.3 Å². The third-order valence-corrected chi connectivity index (χ3v) is 1.93. The molecule has 3 heteroatoms. The Morgan fingerprint density at radius 2 is 2.15 bits per heavy atom.